The lowest BCUT2D eigenvalue weighted by Gasteiger charge is -2.29. The first kappa shape index (κ1) is 9.37. The molecule has 1 aromatic heterocycles. The van der Waals surface area contributed by atoms with Gasteiger partial charge in [-0.15, -0.1) is 0 Å². The van der Waals surface area contributed by atoms with Crippen molar-refractivity contribution in [2.75, 3.05) is 0 Å². The molecule has 1 heterocycles. The van der Waals surface area contributed by atoms with Crippen molar-refractivity contribution >= 4 is 11.6 Å². The Bertz CT molecular complexity index is 394. The normalized spacial score (nSPS) is 27.0. The Kier molecular flexibility index (Phi) is 2.13. The molecule has 0 fully saturated rings. The van der Waals surface area contributed by atoms with E-state index in [1.807, 2.05) is 12.1 Å². The molecule has 4 heteroatoms. The van der Waals surface area contributed by atoms with Crippen molar-refractivity contribution in [2.24, 2.45) is 11.5 Å². The smallest absolute Gasteiger partial charge is 0.0957 e. The summed E-state index contributed by atoms with van der Waals surface area (Å²) in [7, 11) is 0. The van der Waals surface area contributed by atoms with Crippen molar-refractivity contribution in [3.05, 3.63) is 47.0 Å². The maximum absolute atomic E-state index is 6.17. The van der Waals surface area contributed by atoms with Crippen LogP contribution in [0, 0.1) is 0 Å². The lowest BCUT2D eigenvalue weighted by molar-refractivity contribution is 0.519. The summed E-state index contributed by atoms with van der Waals surface area (Å²) in [6, 6.07) is 1.81. The highest BCUT2D eigenvalue weighted by molar-refractivity contribution is 6.31. The zero-order valence-corrected chi connectivity index (χ0v) is 8.29. The molecule has 0 spiro atoms. The van der Waals surface area contributed by atoms with E-state index < -0.39 is 5.54 Å². The van der Waals surface area contributed by atoms with Crippen LogP contribution in [0.4, 0.5) is 0 Å². The SMILES string of the molecule is NC1=CCC(N)(c2ccoc2)C(Cl)=C1. The number of allylic oxidation sites excluding steroid dienone is 1. The quantitative estimate of drug-likeness (QED) is 0.743. The summed E-state index contributed by atoms with van der Waals surface area (Å²) in [6.07, 6.45) is 7.31. The monoisotopic (exact) mass is 210 g/mol. The average molecular weight is 211 g/mol. The summed E-state index contributed by atoms with van der Waals surface area (Å²) in [5.74, 6) is 0. The third kappa shape index (κ3) is 1.35. The Balaban J connectivity index is 2.41. The molecule has 14 heavy (non-hydrogen) atoms. The fourth-order valence-electron chi connectivity index (χ4n) is 1.48. The number of furan rings is 1. The fraction of sp³-hybridized carbons (Fsp3) is 0.200. The maximum Gasteiger partial charge on any atom is 0.0957 e. The predicted octanol–water partition coefficient (Wildman–Crippen LogP) is 1.80. The van der Waals surface area contributed by atoms with Crippen LogP contribution in [0.15, 0.2) is 45.9 Å². The van der Waals surface area contributed by atoms with Crippen molar-refractivity contribution in [2.45, 2.75) is 12.0 Å². The summed E-state index contributed by atoms with van der Waals surface area (Å²) in [5, 5.41) is 0.541. The second-order valence-corrected chi connectivity index (χ2v) is 3.79. The molecule has 0 saturated heterocycles. The van der Waals surface area contributed by atoms with Gasteiger partial charge in [-0.05, 0) is 18.6 Å². The van der Waals surface area contributed by atoms with Gasteiger partial charge < -0.3 is 15.9 Å². The minimum atomic E-state index is -0.683. The van der Waals surface area contributed by atoms with Gasteiger partial charge in [-0.25, -0.2) is 0 Å². The largest absolute Gasteiger partial charge is 0.472 e. The second-order valence-electron chi connectivity index (χ2n) is 3.38. The van der Waals surface area contributed by atoms with Crippen LogP contribution in [0.1, 0.15) is 12.0 Å². The lowest BCUT2D eigenvalue weighted by Crippen LogP contribution is -2.38. The van der Waals surface area contributed by atoms with Crippen LogP contribution in [0.2, 0.25) is 0 Å². The van der Waals surface area contributed by atoms with Crippen molar-refractivity contribution < 1.29 is 4.42 Å². The first-order valence-corrected chi connectivity index (χ1v) is 4.65. The lowest BCUT2D eigenvalue weighted by atomic mass is 9.85. The van der Waals surface area contributed by atoms with Crippen molar-refractivity contribution in [1.82, 2.24) is 0 Å². The predicted molar refractivity (Wildman–Crippen MR) is 55.4 cm³/mol. The third-order valence-corrected chi connectivity index (χ3v) is 2.86. The van der Waals surface area contributed by atoms with Gasteiger partial charge in [0.25, 0.3) is 0 Å². The van der Waals surface area contributed by atoms with Crippen LogP contribution < -0.4 is 11.5 Å². The highest BCUT2D eigenvalue weighted by Gasteiger charge is 2.33. The molecule has 1 unspecified atom stereocenters. The summed E-state index contributed by atoms with van der Waals surface area (Å²) < 4.78 is 4.99. The Morgan fingerprint density at radius 1 is 1.50 bits per heavy atom. The van der Waals surface area contributed by atoms with Gasteiger partial charge in [-0.3, -0.25) is 0 Å². The molecule has 1 aliphatic rings. The van der Waals surface area contributed by atoms with Gasteiger partial charge in [0, 0.05) is 16.3 Å². The zero-order valence-electron chi connectivity index (χ0n) is 7.53. The minimum absolute atomic E-state index is 0.541. The molecule has 1 aromatic rings. The molecule has 0 bridgehead atoms. The molecule has 0 aliphatic heterocycles. The third-order valence-electron chi connectivity index (χ3n) is 2.42. The van der Waals surface area contributed by atoms with E-state index in [0.29, 0.717) is 17.2 Å². The summed E-state index contributed by atoms with van der Waals surface area (Å²) >= 11 is 6.08. The molecule has 1 aliphatic carbocycles. The van der Waals surface area contributed by atoms with Gasteiger partial charge in [-0.1, -0.05) is 17.7 Å². The van der Waals surface area contributed by atoms with Crippen LogP contribution in [-0.2, 0) is 5.54 Å². The van der Waals surface area contributed by atoms with Crippen molar-refractivity contribution in [1.29, 1.82) is 0 Å². The van der Waals surface area contributed by atoms with Crippen LogP contribution in [-0.4, -0.2) is 0 Å². The van der Waals surface area contributed by atoms with Crippen LogP contribution in [0.5, 0.6) is 0 Å². The molecule has 0 aromatic carbocycles. The van der Waals surface area contributed by atoms with Crippen LogP contribution in [0.3, 0.4) is 0 Å². The Hall–Kier alpha value is -1.19. The minimum Gasteiger partial charge on any atom is -0.472 e. The summed E-state index contributed by atoms with van der Waals surface area (Å²) in [5.41, 5.74) is 12.6. The molecule has 0 radical (unpaired) electrons. The van der Waals surface area contributed by atoms with E-state index in [4.69, 9.17) is 27.5 Å². The highest BCUT2D eigenvalue weighted by atomic mass is 35.5. The number of nitrogens with two attached hydrogens (primary N) is 2. The van der Waals surface area contributed by atoms with E-state index >= 15 is 0 Å². The first-order chi connectivity index (χ1) is 6.63. The van der Waals surface area contributed by atoms with E-state index in [0.717, 1.165) is 5.56 Å². The second kappa shape index (κ2) is 3.19. The van der Waals surface area contributed by atoms with Gasteiger partial charge in [0.15, 0.2) is 0 Å². The van der Waals surface area contributed by atoms with Gasteiger partial charge in [0.05, 0.1) is 18.1 Å². The van der Waals surface area contributed by atoms with Gasteiger partial charge in [0.2, 0.25) is 0 Å². The number of rotatable bonds is 1. The molecule has 2 rings (SSSR count). The fourth-order valence-corrected chi connectivity index (χ4v) is 1.80. The van der Waals surface area contributed by atoms with E-state index in [-0.39, 0.29) is 0 Å². The Morgan fingerprint density at radius 3 is 2.86 bits per heavy atom. The molecule has 3 nitrogen and oxygen atoms in total. The van der Waals surface area contributed by atoms with E-state index in [1.54, 1.807) is 18.6 Å². The summed E-state index contributed by atoms with van der Waals surface area (Å²) in [4.78, 5) is 0. The number of hydrogen-bond donors (Lipinski definition) is 2. The van der Waals surface area contributed by atoms with E-state index in [9.17, 15) is 0 Å². The van der Waals surface area contributed by atoms with E-state index in [1.165, 1.54) is 0 Å². The van der Waals surface area contributed by atoms with Crippen molar-refractivity contribution in [3.8, 4) is 0 Å². The molecule has 74 valence electrons. The highest BCUT2D eigenvalue weighted by Crippen LogP contribution is 2.36. The number of halogens is 1. The topological polar surface area (TPSA) is 65.2 Å². The zero-order chi connectivity index (χ0) is 10.2. The standard InChI is InChI=1S/C10H11ClN2O/c11-9-5-8(12)1-3-10(9,13)7-2-4-14-6-7/h1-2,4-6H,3,12-13H2. The van der Waals surface area contributed by atoms with Gasteiger partial charge >= 0.3 is 0 Å². The molecule has 0 saturated carbocycles. The molecular weight excluding hydrogens is 200 g/mol. The van der Waals surface area contributed by atoms with Gasteiger partial charge in [-0.2, -0.15) is 0 Å². The Morgan fingerprint density at radius 2 is 2.29 bits per heavy atom. The first-order valence-electron chi connectivity index (χ1n) is 4.28. The summed E-state index contributed by atoms with van der Waals surface area (Å²) in [6.45, 7) is 0. The molecule has 1 atom stereocenters. The maximum atomic E-state index is 6.17. The Labute approximate surface area is 87.0 Å². The molecular formula is C10H11ClN2O. The van der Waals surface area contributed by atoms with Crippen LogP contribution in [0.25, 0.3) is 0 Å². The molecule has 0 amide bonds. The van der Waals surface area contributed by atoms with Crippen molar-refractivity contribution in [3.63, 3.8) is 0 Å². The van der Waals surface area contributed by atoms with Gasteiger partial charge in [0.1, 0.15) is 0 Å². The van der Waals surface area contributed by atoms with Crippen LogP contribution >= 0.6 is 11.6 Å². The average Bonchev–Trinajstić information content (AvgIpc) is 2.65. The molecule has 4 N–H and O–H groups in total. The van der Waals surface area contributed by atoms with E-state index in [2.05, 4.69) is 0 Å². The number of hydrogen-bond acceptors (Lipinski definition) is 3.